The van der Waals surface area contributed by atoms with Gasteiger partial charge >= 0.3 is 7.12 Å². The van der Waals surface area contributed by atoms with Crippen molar-refractivity contribution >= 4 is 45.2 Å². The van der Waals surface area contributed by atoms with Gasteiger partial charge in [-0.1, -0.05) is 70.2 Å². The van der Waals surface area contributed by atoms with E-state index in [0.717, 1.165) is 5.46 Å². The Kier molecular flexibility index (Phi) is 5.33. The van der Waals surface area contributed by atoms with Crippen LogP contribution in [0.1, 0.15) is 79.4 Å². The van der Waals surface area contributed by atoms with Crippen LogP contribution >= 0.6 is 0 Å². The number of benzene rings is 4. The van der Waals surface area contributed by atoms with Gasteiger partial charge in [0.1, 0.15) is 0 Å². The summed E-state index contributed by atoms with van der Waals surface area (Å²) in [6.07, 6.45) is 2.43. The molecule has 0 N–H and O–H groups in total. The first-order chi connectivity index (χ1) is 18.8. The largest absolute Gasteiger partial charge is 0.494 e. The molecule has 4 heteroatoms. The Morgan fingerprint density at radius 3 is 1.90 bits per heavy atom. The van der Waals surface area contributed by atoms with Crippen LogP contribution in [-0.2, 0) is 20.1 Å². The quantitative estimate of drug-likeness (QED) is 0.214. The van der Waals surface area contributed by atoms with E-state index >= 15 is 0 Å². The highest BCUT2D eigenvalue weighted by Crippen LogP contribution is 2.48. The molecule has 5 aromatic rings. The molecule has 0 bridgehead atoms. The molecule has 7 rings (SSSR count). The van der Waals surface area contributed by atoms with Gasteiger partial charge in [-0.2, -0.15) is 0 Å². The molecule has 4 aromatic carbocycles. The average molecular weight is 530 g/mol. The van der Waals surface area contributed by atoms with Crippen LogP contribution in [0.3, 0.4) is 0 Å². The molecule has 0 saturated carbocycles. The molecule has 1 aliphatic heterocycles. The minimum absolute atomic E-state index is 0.160. The SMILES string of the molecule is CC1(C)CCC(C)(C)c2cc3c(cc21)c1ccccc1n3-c1ccc2cc(B3OC(C)(C)C(C)(C)O3)ccc2c1. The fraction of sp³-hybridized carbons (Fsp3) is 0.389. The average Bonchev–Trinajstić information content (AvgIpc) is 3.34. The van der Waals surface area contributed by atoms with Gasteiger partial charge in [0.25, 0.3) is 0 Å². The Bertz CT molecular complexity index is 1810. The number of hydrogen-bond donors (Lipinski definition) is 0. The molecule has 0 atom stereocenters. The third-order valence-corrected chi connectivity index (χ3v) is 10.3. The second-order valence-electron chi connectivity index (χ2n) is 14.4. The van der Waals surface area contributed by atoms with E-state index < -0.39 is 0 Å². The molecular weight excluding hydrogens is 489 g/mol. The highest BCUT2D eigenvalue weighted by Gasteiger charge is 2.51. The van der Waals surface area contributed by atoms with Gasteiger partial charge < -0.3 is 13.9 Å². The van der Waals surface area contributed by atoms with Gasteiger partial charge in [-0.3, -0.25) is 0 Å². The molecule has 1 saturated heterocycles. The molecule has 2 heterocycles. The molecule has 204 valence electrons. The van der Waals surface area contributed by atoms with Gasteiger partial charge in [0, 0.05) is 16.5 Å². The third kappa shape index (κ3) is 3.72. The molecule has 1 aromatic heterocycles. The van der Waals surface area contributed by atoms with Crippen LogP contribution in [0.5, 0.6) is 0 Å². The van der Waals surface area contributed by atoms with Gasteiger partial charge in [-0.15, -0.1) is 0 Å². The summed E-state index contributed by atoms with van der Waals surface area (Å²) in [5.74, 6) is 0. The summed E-state index contributed by atoms with van der Waals surface area (Å²) in [7, 11) is -0.356. The van der Waals surface area contributed by atoms with Crippen molar-refractivity contribution in [1.29, 1.82) is 0 Å². The van der Waals surface area contributed by atoms with Crippen molar-refractivity contribution in [2.75, 3.05) is 0 Å². The number of rotatable bonds is 2. The van der Waals surface area contributed by atoms with Crippen LogP contribution in [0, 0.1) is 0 Å². The summed E-state index contributed by atoms with van der Waals surface area (Å²) < 4.78 is 15.1. The molecule has 0 radical (unpaired) electrons. The molecular formula is C36H40BNO2. The smallest absolute Gasteiger partial charge is 0.399 e. The van der Waals surface area contributed by atoms with E-state index in [1.54, 1.807) is 0 Å². The molecule has 0 unspecified atom stereocenters. The van der Waals surface area contributed by atoms with Crippen molar-refractivity contribution in [3.63, 3.8) is 0 Å². The standard InChI is InChI=1S/C36H40BNO2/c1-33(2)17-18-34(3,4)30-22-32-28(21-29(30)33)27-11-9-10-12-31(27)38(32)26-16-14-23-19-25(15-13-24(23)20-26)37-39-35(5,6)36(7,8)40-37/h9-16,19-22H,17-18H2,1-8H3. The fourth-order valence-electron chi connectivity index (χ4n) is 6.82. The van der Waals surface area contributed by atoms with E-state index in [4.69, 9.17) is 9.31 Å². The second-order valence-corrected chi connectivity index (χ2v) is 14.4. The van der Waals surface area contributed by atoms with Crippen molar-refractivity contribution in [1.82, 2.24) is 4.57 Å². The predicted octanol–water partition coefficient (Wildman–Crippen LogP) is 8.59. The topological polar surface area (TPSA) is 23.4 Å². The van der Waals surface area contributed by atoms with Crippen LogP contribution < -0.4 is 5.46 Å². The van der Waals surface area contributed by atoms with E-state index in [1.807, 2.05) is 0 Å². The van der Waals surface area contributed by atoms with Crippen molar-refractivity contribution in [3.8, 4) is 5.69 Å². The second kappa shape index (κ2) is 8.24. The number of aromatic nitrogens is 1. The number of para-hydroxylation sites is 1. The Balaban J connectivity index is 1.39. The minimum atomic E-state index is -0.356. The van der Waals surface area contributed by atoms with Crippen LogP contribution in [0.25, 0.3) is 38.3 Å². The molecule has 0 amide bonds. The normalized spacial score (nSPS) is 20.9. The highest BCUT2D eigenvalue weighted by molar-refractivity contribution is 6.62. The zero-order valence-electron chi connectivity index (χ0n) is 25.2. The summed E-state index contributed by atoms with van der Waals surface area (Å²) in [5.41, 5.74) is 7.44. The maximum absolute atomic E-state index is 6.33. The lowest BCUT2D eigenvalue weighted by Gasteiger charge is -2.42. The number of fused-ring (bicyclic) bond motifs is 5. The lowest BCUT2D eigenvalue weighted by atomic mass is 9.63. The summed E-state index contributed by atoms with van der Waals surface area (Å²) in [6, 6.07) is 27.3. The van der Waals surface area contributed by atoms with Gasteiger partial charge in [-0.25, -0.2) is 0 Å². The number of nitrogens with zero attached hydrogens (tertiary/aromatic N) is 1. The number of hydrogen-bond acceptors (Lipinski definition) is 2. The van der Waals surface area contributed by atoms with E-state index in [-0.39, 0.29) is 29.2 Å². The van der Waals surface area contributed by atoms with E-state index in [9.17, 15) is 0 Å². The Morgan fingerprint density at radius 1 is 0.600 bits per heavy atom. The zero-order chi connectivity index (χ0) is 28.2. The predicted molar refractivity (Wildman–Crippen MR) is 169 cm³/mol. The molecule has 3 nitrogen and oxygen atoms in total. The minimum Gasteiger partial charge on any atom is -0.399 e. The molecule has 2 aliphatic rings. The van der Waals surface area contributed by atoms with Gasteiger partial charge in [0.15, 0.2) is 0 Å². The monoisotopic (exact) mass is 529 g/mol. The maximum atomic E-state index is 6.33. The molecule has 1 fully saturated rings. The summed E-state index contributed by atoms with van der Waals surface area (Å²) in [6.45, 7) is 18.1. The zero-order valence-corrected chi connectivity index (χ0v) is 25.2. The lowest BCUT2D eigenvalue weighted by Crippen LogP contribution is -2.41. The van der Waals surface area contributed by atoms with Crippen LogP contribution in [0.15, 0.2) is 72.8 Å². The fourth-order valence-corrected chi connectivity index (χ4v) is 6.82. The maximum Gasteiger partial charge on any atom is 0.494 e. The molecule has 1 aliphatic carbocycles. The van der Waals surface area contributed by atoms with Gasteiger partial charge in [0.05, 0.1) is 22.2 Å². The van der Waals surface area contributed by atoms with Gasteiger partial charge in [0.2, 0.25) is 0 Å². The summed E-state index contributed by atoms with van der Waals surface area (Å²) >= 11 is 0. The molecule has 0 spiro atoms. The first kappa shape index (κ1) is 25.9. The Hall–Kier alpha value is -3.08. The first-order valence-corrected chi connectivity index (χ1v) is 14.8. The Labute approximate surface area is 238 Å². The van der Waals surface area contributed by atoms with E-state index in [0.29, 0.717) is 0 Å². The first-order valence-electron chi connectivity index (χ1n) is 14.8. The van der Waals surface area contributed by atoms with Crippen LogP contribution in [-0.4, -0.2) is 22.9 Å². The third-order valence-electron chi connectivity index (χ3n) is 10.3. The van der Waals surface area contributed by atoms with E-state index in [2.05, 4.69) is 133 Å². The van der Waals surface area contributed by atoms with Crippen molar-refractivity contribution in [3.05, 3.63) is 83.9 Å². The van der Waals surface area contributed by atoms with Crippen LogP contribution in [0.2, 0.25) is 0 Å². The van der Waals surface area contributed by atoms with Crippen molar-refractivity contribution in [2.24, 2.45) is 0 Å². The van der Waals surface area contributed by atoms with Crippen molar-refractivity contribution < 1.29 is 9.31 Å². The highest BCUT2D eigenvalue weighted by atomic mass is 16.7. The molecule has 40 heavy (non-hydrogen) atoms. The lowest BCUT2D eigenvalue weighted by molar-refractivity contribution is 0.00578. The van der Waals surface area contributed by atoms with Crippen LogP contribution in [0.4, 0.5) is 0 Å². The van der Waals surface area contributed by atoms with Crippen molar-refractivity contribution in [2.45, 2.75) is 90.3 Å². The summed E-state index contributed by atoms with van der Waals surface area (Å²) in [4.78, 5) is 0. The van der Waals surface area contributed by atoms with E-state index in [1.165, 1.54) is 62.2 Å². The summed E-state index contributed by atoms with van der Waals surface area (Å²) in [5, 5.41) is 5.06. The van der Waals surface area contributed by atoms with Gasteiger partial charge in [-0.05, 0) is 109 Å². The Morgan fingerprint density at radius 2 is 1.20 bits per heavy atom.